The third kappa shape index (κ3) is 4.80. The van der Waals surface area contributed by atoms with Gasteiger partial charge in [0, 0.05) is 76.5 Å². The fourth-order valence-corrected chi connectivity index (χ4v) is 6.91. The topological polar surface area (TPSA) is 104 Å². The number of fused-ring (bicyclic) bond motifs is 3. The second kappa shape index (κ2) is 10.1. The van der Waals surface area contributed by atoms with Crippen LogP contribution < -0.4 is 21.3 Å². The standard InChI is InChI=1S/C28H21ClF3N5O4S/c29-15-7-14-8-22(25-19-11-33-4-2-20(19)35-41-25)40-24(14)18(9-15)17-1-5-34-21-10-16(42-26(17)21)12-37-23(38)3-6-36(27(37)39)13-28(30,31)32/h1,3,5-7,9-10,22,33H,2,4,8,11-13H2/t22-/m1/s1. The summed E-state index contributed by atoms with van der Waals surface area (Å²) in [5, 5.41) is 8.11. The number of halogens is 4. The van der Waals surface area contributed by atoms with Crippen LogP contribution in [-0.2, 0) is 32.5 Å². The number of nitrogens with zero attached hydrogens (tertiary/aromatic N) is 4. The molecule has 0 unspecified atom stereocenters. The molecule has 9 nitrogen and oxygen atoms in total. The zero-order valence-corrected chi connectivity index (χ0v) is 23.3. The SMILES string of the molecule is O=c1ccn(CC(F)(F)F)c(=O)n1Cc1cc2nccc(-c3cc(Cl)cc4c3O[C@@H](c3onc5c3CNCC5)C4)c2s1. The van der Waals surface area contributed by atoms with Gasteiger partial charge in [0.1, 0.15) is 12.3 Å². The third-order valence-electron chi connectivity index (χ3n) is 7.39. The molecule has 1 aromatic carbocycles. The van der Waals surface area contributed by atoms with Gasteiger partial charge < -0.3 is 14.6 Å². The second-order valence-electron chi connectivity index (χ2n) is 10.2. The van der Waals surface area contributed by atoms with Gasteiger partial charge in [-0.1, -0.05) is 16.8 Å². The van der Waals surface area contributed by atoms with Crippen molar-refractivity contribution in [1.29, 1.82) is 0 Å². The highest BCUT2D eigenvalue weighted by atomic mass is 35.5. The number of benzene rings is 1. The van der Waals surface area contributed by atoms with Crippen LogP contribution in [0.3, 0.4) is 0 Å². The van der Waals surface area contributed by atoms with Crippen LogP contribution in [0.15, 0.2) is 56.8 Å². The number of nitrogens with one attached hydrogen (secondary N) is 1. The number of pyridine rings is 1. The summed E-state index contributed by atoms with van der Waals surface area (Å²) < 4.78 is 53.0. The quantitative estimate of drug-likeness (QED) is 0.301. The number of thiophene rings is 1. The minimum Gasteiger partial charge on any atom is -0.481 e. The monoisotopic (exact) mass is 615 g/mol. The van der Waals surface area contributed by atoms with Gasteiger partial charge in [0.25, 0.3) is 5.56 Å². The first kappa shape index (κ1) is 26.9. The average Bonchev–Trinajstić information content (AvgIpc) is 3.67. The maximum Gasteiger partial charge on any atom is 0.406 e. The van der Waals surface area contributed by atoms with Crippen LogP contribution in [0.2, 0.25) is 5.02 Å². The molecule has 0 fully saturated rings. The lowest BCUT2D eigenvalue weighted by molar-refractivity contribution is -0.141. The Balaban J connectivity index is 1.25. The van der Waals surface area contributed by atoms with Crippen molar-refractivity contribution in [1.82, 2.24) is 24.6 Å². The van der Waals surface area contributed by atoms with Crippen molar-refractivity contribution in [3.63, 3.8) is 0 Å². The van der Waals surface area contributed by atoms with E-state index in [9.17, 15) is 22.8 Å². The van der Waals surface area contributed by atoms with Crippen LogP contribution in [0.5, 0.6) is 5.75 Å². The molecule has 2 aliphatic heterocycles. The molecule has 0 spiro atoms. The molecule has 0 saturated heterocycles. The summed E-state index contributed by atoms with van der Waals surface area (Å²) in [5.74, 6) is 1.35. The lowest BCUT2D eigenvalue weighted by atomic mass is 9.99. The molecule has 1 N–H and O–H groups in total. The number of rotatable bonds is 5. The van der Waals surface area contributed by atoms with Crippen LogP contribution in [0.25, 0.3) is 21.3 Å². The van der Waals surface area contributed by atoms with Crippen LogP contribution in [0, 0.1) is 0 Å². The molecule has 0 saturated carbocycles. The maximum atomic E-state index is 12.9. The smallest absolute Gasteiger partial charge is 0.406 e. The molecule has 0 radical (unpaired) electrons. The van der Waals surface area contributed by atoms with Crippen molar-refractivity contribution in [2.75, 3.05) is 6.54 Å². The van der Waals surface area contributed by atoms with Crippen LogP contribution in [-0.4, -0.2) is 32.0 Å². The largest absolute Gasteiger partial charge is 0.481 e. The second-order valence-corrected chi connectivity index (χ2v) is 11.8. The third-order valence-corrected chi connectivity index (χ3v) is 8.75. The molecular weight excluding hydrogens is 595 g/mol. The fourth-order valence-electron chi connectivity index (χ4n) is 5.54. The van der Waals surface area contributed by atoms with Gasteiger partial charge in [-0.15, -0.1) is 11.3 Å². The van der Waals surface area contributed by atoms with Crippen molar-refractivity contribution in [3.8, 4) is 16.9 Å². The molecule has 1 atom stereocenters. The van der Waals surface area contributed by atoms with E-state index < -0.39 is 24.0 Å². The molecule has 42 heavy (non-hydrogen) atoms. The van der Waals surface area contributed by atoms with Crippen molar-refractivity contribution in [2.24, 2.45) is 0 Å². The molecule has 0 amide bonds. The van der Waals surface area contributed by atoms with E-state index in [4.69, 9.17) is 20.9 Å². The Labute approximate surface area is 244 Å². The molecule has 14 heteroatoms. The highest BCUT2D eigenvalue weighted by Crippen LogP contribution is 2.48. The minimum atomic E-state index is -4.61. The molecule has 2 aliphatic rings. The Morgan fingerprint density at radius 1 is 1.17 bits per heavy atom. The van der Waals surface area contributed by atoms with E-state index in [0.29, 0.717) is 44.5 Å². The van der Waals surface area contributed by atoms with Crippen LogP contribution in [0.4, 0.5) is 13.2 Å². The van der Waals surface area contributed by atoms with Gasteiger partial charge in [-0.25, -0.2) is 4.79 Å². The van der Waals surface area contributed by atoms with Gasteiger partial charge in [0.2, 0.25) is 0 Å². The summed E-state index contributed by atoms with van der Waals surface area (Å²) in [5.41, 5.74) is 3.27. The number of hydrogen-bond donors (Lipinski definition) is 1. The van der Waals surface area contributed by atoms with Gasteiger partial charge in [0.05, 0.1) is 22.5 Å². The highest BCUT2D eigenvalue weighted by molar-refractivity contribution is 7.19. The van der Waals surface area contributed by atoms with E-state index in [1.54, 1.807) is 12.3 Å². The first-order valence-electron chi connectivity index (χ1n) is 13.1. The zero-order chi connectivity index (χ0) is 29.2. The molecule has 6 heterocycles. The highest BCUT2D eigenvalue weighted by Gasteiger charge is 2.34. The predicted octanol–water partition coefficient (Wildman–Crippen LogP) is 4.86. The van der Waals surface area contributed by atoms with E-state index in [1.165, 1.54) is 11.3 Å². The minimum absolute atomic E-state index is 0.201. The number of ether oxygens (including phenoxy) is 1. The first-order valence-corrected chi connectivity index (χ1v) is 14.3. The van der Waals surface area contributed by atoms with Crippen LogP contribution >= 0.6 is 22.9 Å². The van der Waals surface area contributed by atoms with Crippen LogP contribution in [0.1, 0.15) is 33.6 Å². The zero-order valence-electron chi connectivity index (χ0n) is 21.7. The van der Waals surface area contributed by atoms with E-state index >= 15 is 0 Å². The summed E-state index contributed by atoms with van der Waals surface area (Å²) in [6.45, 7) is -0.188. The Hall–Kier alpha value is -3.94. The Kier molecular flexibility index (Phi) is 6.48. The molecule has 216 valence electrons. The summed E-state index contributed by atoms with van der Waals surface area (Å²) in [6.07, 6.45) is -1.14. The summed E-state index contributed by atoms with van der Waals surface area (Å²) in [7, 11) is 0. The van der Waals surface area contributed by atoms with E-state index in [-0.39, 0.29) is 12.6 Å². The Bertz CT molecular complexity index is 1980. The van der Waals surface area contributed by atoms with Gasteiger partial charge in [-0.2, -0.15) is 13.2 Å². The lowest BCUT2D eigenvalue weighted by Gasteiger charge is -2.15. The van der Waals surface area contributed by atoms with Crippen molar-refractivity contribution in [2.45, 2.75) is 44.8 Å². The maximum absolute atomic E-state index is 12.9. The summed E-state index contributed by atoms with van der Waals surface area (Å²) >= 11 is 7.85. The first-order chi connectivity index (χ1) is 20.1. The fraction of sp³-hybridized carbons (Fsp3) is 0.286. The lowest BCUT2D eigenvalue weighted by Crippen LogP contribution is -2.41. The number of aromatic nitrogens is 4. The Morgan fingerprint density at radius 2 is 2.02 bits per heavy atom. The van der Waals surface area contributed by atoms with Crippen molar-refractivity contribution >= 4 is 33.2 Å². The van der Waals surface area contributed by atoms with Crippen molar-refractivity contribution < 1.29 is 22.4 Å². The van der Waals surface area contributed by atoms with Gasteiger partial charge >= 0.3 is 11.9 Å². The van der Waals surface area contributed by atoms with E-state index in [0.717, 1.165) is 62.4 Å². The normalized spacial score (nSPS) is 16.4. The van der Waals surface area contributed by atoms with Gasteiger partial charge in [-0.05, 0) is 24.3 Å². The molecule has 0 bridgehead atoms. The van der Waals surface area contributed by atoms with Gasteiger partial charge in [-0.3, -0.25) is 18.9 Å². The van der Waals surface area contributed by atoms with E-state index in [1.807, 2.05) is 18.2 Å². The summed E-state index contributed by atoms with van der Waals surface area (Å²) in [4.78, 5) is 30.2. The predicted molar refractivity (Wildman–Crippen MR) is 149 cm³/mol. The Morgan fingerprint density at radius 3 is 2.86 bits per heavy atom. The number of hydrogen-bond acceptors (Lipinski definition) is 8. The molecule has 0 aliphatic carbocycles. The van der Waals surface area contributed by atoms with Gasteiger partial charge in [0.15, 0.2) is 11.9 Å². The molecule has 4 aromatic heterocycles. The molecule has 5 aromatic rings. The summed E-state index contributed by atoms with van der Waals surface area (Å²) in [6, 6.07) is 8.18. The van der Waals surface area contributed by atoms with E-state index in [2.05, 4.69) is 15.5 Å². The molecule has 7 rings (SSSR count). The van der Waals surface area contributed by atoms with Crippen molar-refractivity contribution in [3.05, 3.63) is 96.0 Å². The molecular formula is C28H21ClF3N5O4S. The average molecular weight is 616 g/mol. The number of alkyl halides is 3.